The van der Waals surface area contributed by atoms with Crippen LogP contribution in [-0.2, 0) is 5.41 Å². The SMILES string of the molecule is [C-]#[N+]c1ccc2c(c1)c1ccccc1n2-c1ccc2c(c1)C1(c3cc(-n4c5ccccc5c5cc(C#N)ccc54)ccc3O2)c2cccnc2-c2ncccc21. The molecule has 10 aromatic rings. The van der Waals surface area contributed by atoms with Gasteiger partial charge >= 0.3 is 0 Å². The van der Waals surface area contributed by atoms with Crippen LogP contribution in [0.15, 0.2) is 158 Å². The smallest absolute Gasteiger partial charge is 0.188 e. The third-order valence-corrected chi connectivity index (χ3v) is 11.7. The van der Waals surface area contributed by atoms with Crippen LogP contribution in [0.5, 0.6) is 11.5 Å². The van der Waals surface area contributed by atoms with Gasteiger partial charge in [-0.2, -0.15) is 5.26 Å². The molecule has 0 saturated heterocycles. The number of pyridine rings is 2. The highest BCUT2D eigenvalue weighted by atomic mass is 16.5. The van der Waals surface area contributed by atoms with Gasteiger partial charge in [0, 0.05) is 51.1 Å². The number of nitriles is 1. The molecule has 1 aliphatic heterocycles. The van der Waals surface area contributed by atoms with Crippen molar-refractivity contribution in [2.45, 2.75) is 5.41 Å². The van der Waals surface area contributed by atoms with E-state index in [0.29, 0.717) is 11.3 Å². The summed E-state index contributed by atoms with van der Waals surface area (Å²) >= 11 is 0. The molecule has 258 valence electrons. The molecule has 1 spiro atoms. The molecule has 0 atom stereocenters. The van der Waals surface area contributed by atoms with Crippen molar-refractivity contribution >= 4 is 49.3 Å². The second-order valence-electron chi connectivity index (χ2n) is 14.4. The number of rotatable bonds is 2. The second kappa shape index (κ2) is 11.0. The zero-order valence-corrected chi connectivity index (χ0v) is 29.6. The van der Waals surface area contributed by atoms with Gasteiger partial charge in [-0.3, -0.25) is 9.97 Å². The van der Waals surface area contributed by atoms with Gasteiger partial charge in [0.2, 0.25) is 0 Å². The summed E-state index contributed by atoms with van der Waals surface area (Å²) in [4.78, 5) is 13.7. The summed E-state index contributed by atoms with van der Waals surface area (Å²) in [6.07, 6.45) is 3.68. The number of aromatic nitrogens is 4. The van der Waals surface area contributed by atoms with Crippen molar-refractivity contribution in [3.63, 3.8) is 0 Å². The van der Waals surface area contributed by atoms with Gasteiger partial charge in [0.25, 0.3) is 0 Å². The van der Waals surface area contributed by atoms with Gasteiger partial charge in [-0.25, -0.2) is 4.85 Å². The second-order valence-corrected chi connectivity index (χ2v) is 14.4. The van der Waals surface area contributed by atoms with Gasteiger partial charge in [-0.1, -0.05) is 54.6 Å². The third kappa shape index (κ3) is 3.83. The molecule has 0 N–H and O–H groups in total. The Bertz CT molecular complexity index is 3220. The van der Waals surface area contributed by atoms with Gasteiger partial charge in [-0.05, 0) is 108 Å². The average Bonchev–Trinajstić information content (AvgIpc) is 3.88. The highest BCUT2D eigenvalue weighted by Gasteiger charge is 2.52. The molecular weight excluding hydrogens is 689 g/mol. The van der Waals surface area contributed by atoms with Crippen molar-refractivity contribution in [2.24, 2.45) is 0 Å². The van der Waals surface area contributed by atoms with Crippen LogP contribution < -0.4 is 4.74 Å². The molecule has 7 heteroatoms. The Kier molecular flexibility index (Phi) is 5.99. The van der Waals surface area contributed by atoms with Crippen LogP contribution in [0.25, 0.3) is 71.2 Å². The molecule has 2 aliphatic rings. The zero-order chi connectivity index (χ0) is 37.1. The normalized spacial score (nSPS) is 13.2. The lowest BCUT2D eigenvalue weighted by atomic mass is 9.66. The molecule has 0 unspecified atom stereocenters. The molecule has 0 radical (unpaired) electrons. The van der Waals surface area contributed by atoms with Crippen molar-refractivity contribution < 1.29 is 4.74 Å². The number of fused-ring (bicyclic) bond motifs is 15. The van der Waals surface area contributed by atoms with Crippen LogP contribution >= 0.6 is 0 Å². The largest absolute Gasteiger partial charge is 0.457 e. The maximum Gasteiger partial charge on any atom is 0.188 e. The lowest BCUT2D eigenvalue weighted by Gasteiger charge is -2.39. The van der Waals surface area contributed by atoms with Crippen molar-refractivity contribution in [3.8, 4) is 40.3 Å². The van der Waals surface area contributed by atoms with Crippen LogP contribution in [0, 0.1) is 17.9 Å². The number of hydrogen-bond acceptors (Lipinski definition) is 4. The van der Waals surface area contributed by atoms with E-state index in [1.54, 1.807) is 0 Å². The molecule has 1 aliphatic carbocycles. The summed E-state index contributed by atoms with van der Waals surface area (Å²) in [5, 5.41) is 14.0. The highest BCUT2D eigenvalue weighted by Crippen LogP contribution is 2.62. The predicted molar refractivity (Wildman–Crippen MR) is 219 cm³/mol. The van der Waals surface area contributed by atoms with Gasteiger partial charge < -0.3 is 13.9 Å². The quantitative estimate of drug-likeness (QED) is 0.167. The Hall–Kier alpha value is -8.00. The fraction of sp³-hybridized carbons (Fsp3) is 0.0204. The Morgan fingerprint density at radius 3 is 1.64 bits per heavy atom. The number of nitrogens with zero attached hydrogens (tertiary/aromatic N) is 6. The number of ether oxygens (including phenoxy) is 1. The van der Waals surface area contributed by atoms with E-state index < -0.39 is 5.41 Å². The van der Waals surface area contributed by atoms with Gasteiger partial charge in [0.05, 0.1) is 57.1 Å². The Labute approximate surface area is 320 Å². The van der Waals surface area contributed by atoms with E-state index >= 15 is 0 Å². The van der Waals surface area contributed by atoms with E-state index in [0.717, 1.165) is 100 Å². The minimum Gasteiger partial charge on any atom is -0.457 e. The van der Waals surface area contributed by atoms with Gasteiger partial charge in [0.15, 0.2) is 5.69 Å². The molecule has 0 amide bonds. The number of benzene rings is 6. The van der Waals surface area contributed by atoms with Crippen LogP contribution in [0.3, 0.4) is 0 Å². The van der Waals surface area contributed by atoms with Crippen molar-refractivity contribution in [2.75, 3.05) is 0 Å². The van der Waals surface area contributed by atoms with E-state index in [1.807, 2.05) is 67.0 Å². The number of hydrogen-bond donors (Lipinski definition) is 0. The number of para-hydroxylation sites is 2. The molecule has 4 aromatic heterocycles. The first-order chi connectivity index (χ1) is 27.7. The molecular formula is C49H26N6O. The van der Waals surface area contributed by atoms with Crippen LogP contribution in [0.1, 0.15) is 27.8 Å². The van der Waals surface area contributed by atoms with Gasteiger partial charge in [0.1, 0.15) is 11.5 Å². The van der Waals surface area contributed by atoms with Crippen molar-refractivity contribution in [3.05, 3.63) is 197 Å². The van der Waals surface area contributed by atoms with Crippen LogP contribution in [0.4, 0.5) is 5.69 Å². The molecule has 12 rings (SSSR count). The predicted octanol–water partition coefficient (Wildman–Crippen LogP) is 11.6. The summed E-state index contributed by atoms with van der Waals surface area (Å²) in [6.45, 7) is 7.71. The summed E-state index contributed by atoms with van der Waals surface area (Å²) in [5.74, 6) is 1.52. The lowest BCUT2D eigenvalue weighted by Crippen LogP contribution is -2.32. The van der Waals surface area contributed by atoms with E-state index in [-0.39, 0.29) is 0 Å². The molecule has 5 heterocycles. The summed E-state index contributed by atoms with van der Waals surface area (Å²) in [6, 6.07) is 52.2. The maximum atomic E-state index is 9.80. The summed E-state index contributed by atoms with van der Waals surface area (Å²) < 4.78 is 11.5. The van der Waals surface area contributed by atoms with Crippen LogP contribution in [-0.4, -0.2) is 19.1 Å². The maximum absolute atomic E-state index is 9.80. The van der Waals surface area contributed by atoms with E-state index in [4.69, 9.17) is 21.3 Å². The van der Waals surface area contributed by atoms with Crippen LogP contribution in [0.2, 0.25) is 0 Å². The highest BCUT2D eigenvalue weighted by molar-refractivity contribution is 6.11. The molecule has 56 heavy (non-hydrogen) atoms. The first kappa shape index (κ1) is 30.5. The van der Waals surface area contributed by atoms with E-state index in [2.05, 4.69) is 111 Å². The Balaban J connectivity index is 1.18. The third-order valence-electron chi connectivity index (χ3n) is 11.7. The lowest BCUT2D eigenvalue weighted by molar-refractivity contribution is 0.436. The van der Waals surface area contributed by atoms with E-state index in [9.17, 15) is 5.26 Å². The fourth-order valence-electron chi connectivity index (χ4n) is 9.49. The van der Waals surface area contributed by atoms with E-state index in [1.165, 1.54) is 0 Å². The standard InChI is InChI=1S/C49H26N6O/c1-51-30-15-19-44-36(25-30)34-9-3-5-13-42(34)55(44)32-17-21-46-40(27-32)49(37-10-6-22-52-47(37)48-38(49)11-7-23-53-48)39-26-31(16-20-45(39)56-46)54-41-12-4-2-8-33(41)35-24-29(28-50)14-18-43(35)54/h2-27H. The minimum absolute atomic E-state index is 0.610. The monoisotopic (exact) mass is 714 g/mol. The first-order valence-corrected chi connectivity index (χ1v) is 18.4. The summed E-state index contributed by atoms with van der Waals surface area (Å²) in [7, 11) is 0. The summed E-state index contributed by atoms with van der Waals surface area (Å²) in [5.41, 5.74) is 12.3. The molecule has 0 fully saturated rings. The fourth-order valence-corrected chi connectivity index (χ4v) is 9.49. The van der Waals surface area contributed by atoms with Crippen molar-refractivity contribution in [1.82, 2.24) is 19.1 Å². The molecule has 7 nitrogen and oxygen atoms in total. The zero-order valence-electron chi connectivity index (χ0n) is 29.6. The Morgan fingerprint density at radius 1 is 0.536 bits per heavy atom. The van der Waals surface area contributed by atoms with Crippen molar-refractivity contribution in [1.29, 1.82) is 5.26 Å². The minimum atomic E-state index is -0.828. The Morgan fingerprint density at radius 2 is 1.07 bits per heavy atom. The van der Waals surface area contributed by atoms with Gasteiger partial charge in [-0.15, -0.1) is 0 Å². The molecule has 6 aromatic carbocycles. The molecule has 0 bridgehead atoms. The average molecular weight is 715 g/mol. The topological polar surface area (TPSA) is 73.0 Å². The first-order valence-electron chi connectivity index (χ1n) is 18.4. The molecule has 0 saturated carbocycles.